The molecule has 1 aliphatic rings. The largest absolute Gasteiger partial charge is 0.465 e. The number of fused-ring (bicyclic) bond motifs is 1. The van der Waals surface area contributed by atoms with Gasteiger partial charge in [0.15, 0.2) is 5.65 Å². The summed E-state index contributed by atoms with van der Waals surface area (Å²) < 4.78 is 29.5. The Labute approximate surface area is 208 Å². The molecule has 182 valence electrons. The second-order valence-electron chi connectivity index (χ2n) is 8.83. The lowest BCUT2D eigenvalue weighted by Crippen LogP contribution is -2.39. The smallest absolute Gasteiger partial charge is 0.404 e. The van der Waals surface area contributed by atoms with Crippen molar-refractivity contribution in [2.45, 2.75) is 69.4 Å². The van der Waals surface area contributed by atoms with Crippen LogP contribution in [0.5, 0.6) is 0 Å². The van der Waals surface area contributed by atoms with E-state index in [2.05, 4.69) is 31.5 Å². The minimum Gasteiger partial charge on any atom is -0.465 e. The molecule has 3 N–H and O–H groups in total. The number of benzene rings is 1. The number of amides is 1. The van der Waals surface area contributed by atoms with Crippen molar-refractivity contribution in [1.29, 1.82) is 0 Å². The highest BCUT2D eigenvalue weighted by molar-refractivity contribution is 9.10. The van der Waals surface area contributed by atoms with E-state index in [1.54, 1.807) is 30.5 Å². The first-order valence-corrected chi connectivity index (χ1v) is 13.7. The van der Waals surface area contributed by atoms with Gasteiger partial charge in [-0.1, -0.05) is 31.0 Å². The Morgan fingerprint density at radius 3 is 2.44 bits per heavy atom. The molecule has 0 spiro atoms. The van der Waals surface area contributed by atoms with Crippen molar-refractivity contribution in [2.75, 3.05) is 5.32 Å². The van der Waals surface area contributed by atoms with Crippen molar-refractivity contribution in [3.8, 4) is 0 Å². The Morgan fingerprint density at radius 2 is 1.82 bits per heavy atom. The lowest BCUT2D eigenvalue weighted by molar-refractivity contribution is 0.185. The lowest BCUT2D eigenvalue weighted by Gasteiger charge is -2.30. The van der Waals surface area contributed by atoms with Gasteiger partial charge in [0.2, 0.25) is 0 Å². The van der Waals surface area contributed by atoms with Gasteiger partial charge < -0.3 is 15.7 Å². The summed E-state index contributed by atoms with van der Waals surface area (Å²) >= 11 is 3.59. The number of carboxylic acid groups (broad SMARTS) is 1. The van der Waals surface area contributed by atoms with Gasteiger partial charge in [-0.05, 0) is 73.2 Å². The van der Waals surface area contributed by atoms with Crippen molar-refractivity contribution in [3.63, 3.8) is 0 Å². The fourth-order valence-electron chi connectivity index (χ4n) is 4.57. The van der Waals surface area contributed by atoms with E-state index in [1.807, 2.05) is 19.9 Å². The highest BCUT2D eigenvalue weighted by atomic mass is 79.9. The minimum atomic E-state index is -3.83. The van der Waals surface area contributed by atoms with Gasteiger partial charge in [-0.2, -0.15) is 0 Å². The summed E-state index contributed by atoms with van der Waals surface area (Å²) in [6.07, 6.45) is 5.17. The molecule has 10 heteroatoms. The number of pyridine rings is 1. The first kappa shape index (κ1) is 24.5. The predicted octanol–water partition coefficient (Wildman–Crippen LogP) is 5.29. The van der Waals surface area contributed by atoms with Gasteiger partial charge in [0.05, 0.1) is 15.1 Å². The average molecular weight is 549 g/mol. The molecule has 2 aromatic heterocycles. The number of carbonyl (C=O) groups is 1. The normalized spacial score (nSPS) is 18.7. The van der Waals surface area contributed by atoms with Crippen LogP contribution in [-0.2, 0) is 16.4 Å². The summed E-state index contributed by atoms with van der Waals surface area (Å²) in [4.78, 5) is 15.7. The number of nitrogens with zero attached hydrogens (tertiary/aromatic N) is 2. The van der Waals surface area contributed by atoms with E-state index in [4.69, 9.17) is 5.11 Å². The molecule has 4 rings (SSSR count). The molecule has 2 heterocycles. The number of halogens is 1. The van der Waals surface area contributed by atoms with Crippen LogP contribution in [0.1, 0.15) is 50.3 Å². The van der Waals surface area contributed by atoms with Gasteiger partial charge >= 0.3 is 6.09 Å². The maximum atomic E-state index is 13.7. The van der Waals surface area contributed by atoms with Crippen LogP contribution in [0.3, 0.4) is 0 Å². The van der Waals surface area contributed by atoms with E-state index in [0.717, 1.165) is 53.2 Å². The standard InChI is InChI=1S/C24H29BrN4O4S/c1-3-4-18-13-20-22(27-16-7-9-17(10-8-16)28-24(30)31)21(25)14-26-23(20)29(18)34(32,33)19-11-5-15(2)6-12-19/h5-6,11-14,16-17,28H,3-4,7-10H2,1-2H3,(H,26,27)(H,30,31). The van der Waals surface area contributed by atoms with Crippen molar-refractivity contribution >= 4 is 48.8 Å². The molecule has 1 aromatic carbocycles. The van der Waals surface area contributed by atoms with Crippen LogP contribution in [0.2, 0.25) is 0 Å². The van der Waals surface area contributed by atoms with E-state index in [1.165, 1.54) is 3.97 Å². The Morgan fingerprint density at radius 1 is 1.18 bits per heavy atom. The zero-order chi connectivity index (χ0) is 24.5. The average Bonchev–Trinajstić information content (AvgIpc) is 3.16. The summed E-state index contributed by atoms with van der Waals surface area (Å²) in [7, 11) is -3.83. The summed E-state index contributed by atoms with van der Waals surface area (Å²) in [5.74, 6) is 0. The number of anilines is 1. The summed E-state index contributed by atoms with van der Waals surface area (Å²) in [5.41, 5.74) is 2.90. The SMILES string of the molecule is CCCc1cc2c(NC3CCC(NC(=O)O)CC3)c(Br)cnc2n1S(=O)(=O)c1ccc(C)cc1. The third-order valence-corrected chi connectivity index (χ3v) is 8.64. The number of aryl methyl sites for hydroxylation is 2. The van der Waals surface area contributed by atoms with Crippen LogP contribution in [0.25, 0.3) is 11.0 Å². The summed E-state index contributed by atoms with van der Waals surface area (Å²) in [6, 6.07) is 8.90. The Balaban J connectivity index is 1.72. The van der Waals surface area contributed by atoms with E-state index in [-0.39, 0.29) is 17.0 Å². The van der Waals surface area contributed by atoms with Gasteiger partial charge in [-0.3, -0.25) is 0 Å². The molecule has 1 aliphatic carbocycles. The van der Waals surface area contributed by atoms with Crippen LogP contribution < -0.4 is 10.6 Å². The van der Waals surface area contributed by atoms with Crippen LogP contribution in [0.15, 0.2) is 45.9 Å². The highest BCUT2D eigenvalue weighted by Gasteiger charge is 2.27. The van der Waals surface area contributed by atoms with E-state index in [9.17, 15) is 13.2 Å². The van der Waals surface area contributed by atoms with Crippen molar-refractivity contribution in [3.05, 3.63) is 52.3 Å². The van der Waals surface area contributed by atoms with E-state index >= 15 is 0 Å². The predicted molar refractivity (Wildman–Crippen MR) is 136 cm³/mol. The number of nitrogens with one attached hydrogen (secondary N) is 2. The third kappa shape index (κ3) is 4.93. The Bertz CT molecular complexity index is 1300. The second kappa shape index (κ2) is 9.95. The summed E-state index contributed by atoms with van der Waals surface area (Å²) in [6.45, 7) is 3.94. The van der Waals surface area contributed by atoms with Gasteiger partial charge in [0.1, 0.15) is 0 Å². The molecular formula is C24H29BrN4O4S. The first-order chi connectivity index (χ1) is 16.2. The molecule has 0 aliphatic heterocycles. The second-order valence-corrected chi connectivity index (χ2v) is 11.5. The molecule has 3 aromatic rings. The lowest BCUT2D eigenvalue weighted by atomic mass is 9.91. The molecule has 0 saturated heterocycles. The van der Waals surface area contributed by atoms with Crippen LogP contribution in [0.4, 0.5) is 10.5 Å². The molecule has 0 radical (unpaired) electrons. The van der Waals surface area contributed by atoms with Crippen molar-refractivity contribution < 1.29 is 18.3 Å². The monoisotopic (exact) mass is 548 g/mol. The Hall–Kier alpha value is -2.59. The van der Waals surface area contributed by atoms with Crippen LogP contribution in [0, 0.1) is 6.92 Å². The maximum Gasteiger partial charge on any atom is 0.404 e. The zero-order valence-corrected chi connectivity index (χ0v) is 21.6. The molecule has 1 saturated carbocycles. The molecule has 0 atom stereocenters. The zero-order valence-electron chi connectivity index (χ0n) is 19.2. The van der Waals surface area contributed by atoms with Gasteiger partial charge in [-0.15, -0.1) is 0 Å². The van der Waals surface area contributed by atoms with Gasteiger partial charge in [-0.25, -0.2) is 22.2 Å². The Kier molecular flexibility index (Phi) is 7.18. The van der Waals surface area contributed by atoms with Gasteiger partial charge in [0, 0.05) is 29.4 Å². The maximum absolute atomic E-state index is 13.7. The van der Waals surface area contributed by atoms with E-state index in [0.29, 0.717) is 17.8 Å². The molecule has 1 amide bonds. The fourth-order valence-corrected chi connectivity index (χ4v) is 6.52. The van der Waals surface area contributed by atoms with Crippen molar-refractivity contribution in [2.24, 2.45) is 0 Å². The molecule has 34 heavy (non-hydrogen) atoms. The fraction of sp³-hybridized carbons (Fsp3) is 0.417. The molecule has 0 bridgehead atoms. The third-order valence-electron chi connectivity index (χ3n) is 6.28. The molecular weight excluding hydrogens is 520 g/mol. The number of aromatic nitrogens is 2. The number of hydrogen-bond donors (Lipinski definition) is 3. The number of hydrogen-bond acceptors (Lipinski definition) is 5. The first-order valence-electron chi connectivity index (χ1n) is 11.5. The highest BCUT2D eigenvalue weighted by Crippen LogP contribution is 2.36. The molecule has 1 fully saturated rings. The summed E-state index contributed by atoms with van der Waals surface area (Å²) in [5, 5.41) is 15.9. The molecule has 8 nitrogen and oxygen atoms in total. The van der Waals surface area contributed by atoms with E-state index < -0.39 is 16.1 Å². The molecule has 0 unspecified atom stereocenters. The number of rotatable bonds is 7. The quantitative estimate of drug-likeness (QED) is 0.369. The minimum absolute atomic E-state index is 0.0339. The van der Waals surface area contributed by atoms with Crippen LogP contribution in [-0.4, -0.2) is 40.7 Å². The van der Waals surface area contributed by atoms with Gasteiger partial charge in [0.25, 0.3) is 10.0 Å². The topological polar surface area (TPSA) is 113 Å². The van der Waals surface area contributed by atoms with Crippen LogP contribution >= 0.6 is 15.9 Å². The van der Waals surface area contributed by atoms with Crippen molar-refractivity contribution in [1.82, 2.24) is 14.3 Å².